The highest BCUT2D eigenvalue weighted by molar-refractivity contribution is 6.31. The number of amides is 1. The standard InChI is InChI=1S/C18H14ClNO5/c1-24-17(22)13-7-6-11(19)9-14(13)20-16(21)15-8-10-4-2-3-5-12(10)18(23)25-15/h2-7,9,15H,8H2,1H3,(H,20,21)/t15-/m1/s1. The van der Waals surface area contributed by atoms with Crippen LogP contribution in [0.2, 0.25) is 5.02 Å². The molecule has 128 valence electrons. The van der Waals surface area contributed by atoms with Gasteiger partial charge in [0.1, 0.15) is 0 Å². The van der Waals surface area contributed by atoms with E-state index in [1.165, 1.54) is 25.3 Å². The molecule has 1 atom stereocenters. The van der Waals surface area contributed by atoms with Gasteiger partial charge in [0.25, 0.3) is 5.91 Å². The zero-order valence-electron chi connectivity index (χ0n) is 13.2. The highest BCUT2D eigenvalue weighted by Gasteiger charge is 2.31. The molecule has 25 heavy (non-hydrogen) atoms. The first-order chi connectivity index (χ1) is 12.0. The number of halogens is 1. The number of fused-ring (bicyclic) bond motifs is 1. The molecule has 0 unspecified atom stereocenters. The Hall–Kier alpha value is -2.86. The van der Waals surface area contributed by atoms with Crippen molar-refractivity contribution in [1.29, 1.82) is 0 Å². The zero-order chi connectivity index (χ0) is 18.0. The van der Waals surface area contributed by atoms with Crippen LogP contribution in [0, 0.1) is 0 Å². The Labute approximate surface area is 148 Å². The molecule has 0 saturated carbocycles. The van der Waals surface area contributed by atoms with Crippen molar-refractivity contribution in [3.8, 4) is 0 Å². The second-order valence-corrected chi connectivity index (χ2v) is 5.86. The third kappa shape index (κ3) is 3.49. The van der Waals surface area contributed by atoms with E-state index in [-0.39, 0.29) is 17.7 Å². The molecule has 0 aromatic heterocycles. The van der Waals surface area contributed by atoms with Gasteiger partial charge in [-0.2, -0.15) is 0 Å². The number of nitrogens with one attached hydrogen (secondary N) is 1. The lowest BCUT2D eigenvalue weighted by atomic mass is 9.98. The van der Waals surface area contributed by atoms with Gasteiger partial charge in [-0.15, -0.1) is 0 Å². The summed E-state index contributed by atoms with van der Waals surface area (Å²) in [6.07, 6.45) is -0.742. The minimum Gasteiger partial charge on any atom is -0.465 e. The van der Waals surface area contributed by atoms with Gasteiger partial charge in [-0.05, 0) is 29.8 Å². The van der Waals surface area contributed by atoms with Crippen LogP contribution < -0.4 is 5.32 Å². The van der Waals surface area contributed by atoms with Crippen molar-refractivity contribution >= 4 is 35.1 Å². The molecule has 2 aromatic rings. The Morgan fingerprint density at radius 3 is 2.76 bits per heavy atom. The molecule has 2 aromatic carbocycles. The molecule has 6 nitrogen and oxygen atoms in total. The Morgan fingerprint density at radius 1 is 1.24 bits per heavy atom. The van der Waals surface area contributed by atoms with Gasteiger partial charge in [-0.1, -0.05) is 29.8 Å². The topological polar surface area (TPSA) is 81.7 Å². The van der Waals surface area contributed by atoms with Crippen LogP contribution in [-0.4, -0.2) is 31.1 Å². The number of ether oxygens (including phenoxy) is 2. The number of anilines is 1. The van der Waals surface area contributed by atoms with E-state index in [0.29, 0.717) is 10.6 Å². The van der Waals surface area contributed by atoms with Gasteiger partial charge in [0.15, 0.2) is 6.10 Å². The van der Waals surface area contributed by atoms with Crippen LogP contribution in [-0.2, 0) is 20.7 Å². The van der Waals surface area contributed by atoms with Crippen molar-refractivity contribution in [1.82, 2.24) is 0 Å². The molecule has 0 spiro atoms. The van der Waals surface area contributed by atoms with Crippen molar-refractivity contribution in [2.45, 2.75) is 12.5 Å². The summed E-state index contributed by atoms with van der Waals surface area (Å²) in [6, 6.07) is 11.3. The van der Waals surface area contributed by atoms with Crippen LogP contribution in [0.3, 0.4) is 0 Å². The van der Waals surface area contributed by atoms with Crippen LogP contribution in [0.1, 0.15) is 26.3 Å². The zero-order valence-corrected chi connectivity index (χ0v) is 14.0. The first-order valence-electron chi connectivity index (χ1n) is 7.47. The van der Waals surface area contributed by atoms with Gasteiger partial charge in [-0.25, -0.2) is 9.59 Å². The molecule has 0 aliphatic carbocycles. The summed E-state index contributed by atoms with van der Waals surface area (Å²) in [7, 11) is 1.24. The Kier molecular flexibility index (Phi) is 4.72. The SMILES string of the molecule is COC(=O)c1ccc(Cl)cc1NC(=O)[C@H]1Cc2ccccc2C(=O)O1. The maximum absolute atomic E-state index is 12.5. The number of hydrogen-bond acceptors (Lipinski definition) is 5. The Balaban J connectivity index is 1.83. The molecule has 1 aliphatic rings. The summed E-state index contributed by atoms with van der Waals surface area (Å²) in [5.74, 6) is -1.71. The van der Waals surface area contributed by atoms with Crippen LogP contribution in [0.25, 0.3) is 0 Å². The normalized spacial score (nSPS) is 15.8. The largest absolute Gasteiger partial charge is 0.465 e. The number of cyclic esters (lactones) is 1. The van der Waals surface area contributed by atoms with Gasteiger partial charge in [0.2, 0.25) is 0 Å². The molecule has 0 bridgehead atoms. The van der Waals surface area contributed by atoms with E-state index in [4.69, 9.17) is 16.3 Å². The van der Waals surface area contributed by atoms with E-state index in [1.807, 2.05) is 0 Å². The van der Waals surface area contributed by atoms with Crippen molar-refractivity contribution in [2.75, 3.05) is 12.4 Å². The lowest BCUT2D eigenvalue weighted by Gasteiger charge is -2.24. The van der Waals surface area contributed by atoms with Crippen LogP contribution in [0.15, 0.2) is 42.5 Å². The number of carbonyl (C=O) groups excluding carboxylic acids is 3. The van der Waals surface area contributed by atoms with Gasteiger partial charge in [0, 0.05) is 11.4 Å². The van der Waals surface area contributed by atoms with Crippen molar-refractivity contribution in [3.05, 3.63) is 64.2 Å². The monoisotopic (exact) mass is 359 g/mol. The maximum atomic E-state index is 12.5. The second-order valence-electron chi connectivity index (χ2n) is 5.43. The van der Waals surface area contributed by atoms with Gasteiger partial charge >= 0.3 is 11.9 Å². The van der Waals surface area contributed by atoms with E-state index in [9.17, 15) is 14.4 Å². The minimum absolute atomic E-state index is 0.155. The highest BCUT2D eigenvalue weighted by atomic mass is 35.5. The number of esters is 2. The molecule has 0 fully saturated rings. The maximum Gasteiger partial charge on any atom is 0.339 e. The highest BCUT2D eigenvalue weighted by Crippen LogP contribution is 2.25. The predicted molar refractivity (Wildman–Crippen MR) is 90.8 cm³/mol. The molecule has 0 saturated heterocycles. The third-order valence-corrected chi connectivity index (χ3v) is 4.06. The van der Waals surface area contributed by atoms with Crippen molar-refractivity contribution < 1.29 is 23.9 Å². The quantitative estimate of drug-likeness (QED) is 0.852. The fourth-order valence-electron chi connectivity index (χ4n) is 2.60. The molecular formula is C18H14ClNO5. The fraction of sp³-hybridized carbons (Fsp3) is 0.167. The average Bonchev–Trinajstić information content (AvgIpc) is 2.61. The van der Waals surface area contributed by atoms with E-state index in [0.717, 1.165) is 5.56 Å². The van der Waals surface area contributed by atoms with Crippen molar-refractivity contribution in [2.24, 2.45) is 0 Å². The third-order valence-electron chi connectivity index (χ3n) is 3.83. The first-order valence-corrected chi connectivity index (χ1v) is 7.85. The first kappa shape index (κ1) is 17.0. The molecule has 1 heterocycles. The van der Waals surface area contributed by atoms with Gasteiger partial charge in [-0.3, -0.25) is 4.79 Å². The smallest absolute Gasteiger partial charge is 0.339 e. The summed E-state index contributed by atoms with van der Waals surface area (Å²) in [4.78, 5) is 36.4. The summed E-state index contributed by atoms with van der Waals surface area (Å²) >= 11 is 5.94. The number of hydrogen-bond donors (Lipinski definition) is 1. The number of benzene rings is 2. The van der Waals surface area contributed by atoms with Crippen LogP contribution >= 0.6 is 11.6 Å². The summed E-state index contributed by atoms with van der Waals surface area (Å²) in [6.45, 7) is 0. The molecule has 1 amide bonds. The van der Waals surface area contributed by atoms with Crippen LogP contribution in [0.5, 0.6) is 0 Å². The predicted octanol–water partition coefficient (Wildman–Crippen LogP) is 2.85. The molecular weight excluding hydrogens is 346 g/mol. The summed E-state index contributed by atoms with van der Waals surface area (Å²) in [5.41, 5.74) is 1.53. The lowest BCUT2D eigenvalue weighted by molar-refractivity contribution is -0.125. The second kappa shape index (κ2) is 6.94. The fourth-order valence-corrected chi connectivity index (χ4v) is 2.77. The number of rotatable bonds is 3. The lowest BCUT2D eigenvalue weighted by Crippen LogP contribution is -2.38. The van der Waals surface area contributed by atoms with E-state index in [1.54, 1.807) is 24.3 Å². The molecule has 7 heteroatoms. The Morgan fingerprint density at radius 2 is 2.00 bits per heavy atom. The number of carbonyl (C=O) groups is 3. The van der Waals surface area contributed by atoms with E-state index in [2.05, 4.69) is 10.1 Å². The molecule has 1 N–H and O–H groups in total. The van der Waals surface area contributed by atoms with E-state index >= 15 is 0 Å². The molecule has 1 aliphatic heterocycles. The minimum atomic E-state index is -0.994. The Bertz CT molecular complexity index is 864. The van der Waals surface area contributed by atoms with Gasteiger partial charge in [0.05, 0.1) is 23.9 Å². The average molecular weight is 360 g/mol. The van der Waals surface area contributed by atoms with Crippen LogP contribution in [0.4, 0.5) is 5.69 Å². The van der Waals surface area contributed by atoms with E-state index < -0.39 is 23.9 Å². The summed E-state index contributed by atoms with van der Waals surface area (Å²) < 4.78 is 9.89. The van der Waals surface area contributed by atoms with Crippen molar-refractivity contribution in [3.63, 3.8) is 0 Å². The molecule has 3 rings (SSSR count). The molecule has 0 radical (unpaired) electrons. The van der Waals surface area contributed by atoms with Gasteiger partial charge < -0.3 is 14.8 Å². The number of methoxy groups -OCH3 is 1. The summed E-state index contributed by atoms with van der Waals surface area (Å²) in [5, 5.41) is 2.93.